The lowest BCUT2D eigenvalue weighted by atomic mass is 10.0. The van der Waals surface area contributed by atoms with Gasteiger partial charge in [0.1, 0.15) is 25.4 Å². The van der Waals surface area contributed by atoms with E-state index >= 15 is 0 Å². The lowest BCUT2D eigenvalue weighted by molar-refractivity contribution is -0.161. The Morgan fingerprint density at radius 1 is 0.211 bits per heavy atom. The van der Waals surface area contributed by atoms with Crippen LogP contribution in [0.25, 0.3) is 0 Å². The zero-order valence-electron chi connectivity index (χ0n) is 84.9. The molecular formula is C115H198O16P2. The van der Waals surface area contributed by atoms with E-state index in [4.69, 9.17) is 32.3 Å². The third kappa shape index (κ3) is 107. The van der Waals surface area contributed by atoms with E-state index in [0.717, 1.165) is 167 Å². The molecule has 0 bridgehead atoms. The molecule has 0 saturated heterocycles. The van der Waals surface area contributed by atoms with Gasteiger partial charge in [0, 0.05) is 19.3 Å². The number of unbranched alkanes of at least 4 members (excludes halogenated alkanes) is 49. The third-order valence-corrected chi connectivity index (χ3v) is 25.0. The molecular weight excluding hydrogens is 1700 g/mol. The number of esters is 3. The highest BCUT2D eigenvalue weighted by molar-refractivity contribution is 7.47. The molecule has 0 rings (SSSR count). The molecule has 0 fully saturated rings. The predicted octanol–water partition coefficient (Wildman–Crippen LogP) is 34.7. The minimum atomic E-state index is -4.95. The van der Waals surface area contributed by atoms with E-state index in [0.29, 0.717) is 19.3 Å². The lowest BCUT2D eigenvalue weighted by Gasteiger charge is -2.21. The molecule has 0 heterocycles. The first-order valence-electron chi connectivity index (χ1n) is 54.1. The molecule has 133 heavy (non-hydrogen) atoms. The van der Waals surface area contributed by atoms with E-state index < -0.39 is 91.5 Å². The number of phosphoric ester groups is 2. The van der Waals surface area contributed by atoms with Crippen LogP contribution in [0.2, 0.25) is 0 Å². The van der Waals surface area contributed by atoms with Gasteiger partial charge in [0.2, 0.25) is 0 Å². The Balaban J connectivity index is 4.56. The summed E-state index contributed by atoms with van der Waals surface area (Å²) in [6.45, 7) is 2.43. The van der Waals surface area contributed by atoms with Crippen LogP contribution in [0.5, 0.6) is 0 Å². The van der Waals surface area contributed by atoms with Gasteiger partial charge in [-0.3, -0.25) is 32.5 Å². The van der Waals surface area contributed by atoms with E-state index in [-0.39, 0.29) is 19.3 Å². The molecule has 0 spiro atoms. The average Bonchev–Trinajstić information content (AvgIpc) is 0.896. The Labute approximate surface area is 815 Å². The van der Waals surface area contributed by atoms with E-state index in [1.807, 2.05) is 0 Å². The van der Waals surface area contributed by atoms with Crippen LogP contribution < -0.4 is 0 Å². The highest BCUT2D eigenvalue weighted by atomic mass is 31.2. The molecule has 5 unspecified atom stereocenters. The smallest absolute Gasteiger partial charge is 0.463 e. The van der Waals surface area contributed by atoms with Crippen LogP contribution in [-0.2, 0) is 55.8 Å². The fourth-order valence-corrected chi connectivity index (χ4v) is 16.7. The molecule has 0 aromatic heterocycles. The Bertz CT molecular complexity index is 3150. The number of rotatable bonds is 102. The van der Waals surface area contributed by atoms with Gasteiger partial charge < -0.3 is 34.2 Å². The van der Waals surface area contributed by atoms with Crippen molar-refractivity contribution in [2.45, 2.75) is 489 Å². The second kappa shape index (κ2) is 106. The lowest BCUT2D eigenvalue weighted by Crippen LogP contribution is -2.30. The summed E-state index contributed by atoms with van der Waals surface area (Å²) in [4.78, 5) is 59.3. The summed E-state index contributed by atoms with van der Waals surface area (Å²) in [5.41, 5.74) is 0. The topological polar surface area (TPSA) is 231 Å². The van der Waals surface area contributed by atoms with Crippen LogP contribution in [0.15, 0.2) is 182 Å². The molecule has 0 aromatic carbocycles. The van der Waals surface area contributed by atoms with Crippen molar-refractivity contribution in [3.8, 4) is 0 Å². The second-order valence-electron chi connectivity index (χ2n) is 36.0. The summed E-state index contributed by atoms with van der Waals surface area (Å²) in [5.74, 6) is -1.56. The summed E-state index contributed by atoms with van der Waals surface area (Å²) in [7, 11) is -9.82. The van der Waals surface area contributed by atoms with Crippen molar-refractivity contribution in [2.24, 2.45) is 0 Å². The second-order valence-corrected chi connectivity index (χ2v) is 38.9. The highest BCUT2D eigenvalue weighted by Gasteiger charge is 2.30. The largest absolute Gasteiger partial charge is 0.472 e. The molecule has 16 nitrogen and oxygen atoms in total. The van der Waals surface area contributed by atoms with E-state index in [1.54, 1.807) is 0 Å². The molecule has 4 N–H and O–H groups in total. The van der Waals surface area contributed by atoms with Crippen LogP contribution in [0.4, 0.5) is 0 Å². The molecule has 0 radical (unpaired) electrons. The average molecular weight is 1900 g/mol. The zero-order chi connectivity index (χ0) is 96.4. The Hall–Kier alpha value is -5.35. The van der Waals surface area contributed by atoms with E-state index in [9.17, 15) is 43.5 Å². The number of aliphatic hydroxyl groups excluding tert-OH is 2. The van der Waals surface area contributed by atoms with Crippen molar-refractivity contribution < 1.29 is 75.8 Å². The number of ether oxygens (including phenoxy) is 3. The molecule has 0 aliphatic carbocycles. The number of hydrogen-bond donors (Lipinski definition) is 4. The van der Waals surface area contributed by atoms with E-state index in [2.05, 4.69) is 203 Å². The first-order chi connectivity index (χ1) is 65.2. The molecule has 0 aromatic rings. The van der Waals surface area contributed by atoms with Crippen LogP contribution in [0.3, 0.4) is 0 Å². The molecule has 0 aliphatic rings. The van der Waals surface area contributed by atoms with Crippen molar-refractivity contribution >= 4 is 33.6 Å². The fraction of sp³-hybridized carbons (Fsp3) is 0.713. The van der Waals surface area contributed by atoms with Crippen molar-refractivity contribution in [3.63, 3.8) is 0 Å². The number of phosphoric acid groups is 2. The number of allylic oxidation sites excluding steroid dienone is 30. The quantitative estimate of drug-likeness (QED) is 0.0146. The van der Waals surface area contributed by atoms with E-state index in [1.165, 1.54) is 244 Å². The standard InChI is InChI=1S/C115H198O16P2/c1-4-7-10-13-16-19-22-25-28-31-34-37-40-43-46-48-50-52-54-56-58-60-63-65-68-71-74-77-80-83-86-89-92-95-98-101-113(118)125-104-110(116)105-127-132(121,122)128-106-111(117)107-129-133(123,124)130-109-112(131-115(120)103-100-97-94-91-88-85-82-79-76-73-70-67-62-45-42-39-36-33-30-27-24-21-18-15-12-9-6-3)108-126-114(119)102-99-96-93-90-87-84-81-78-75-72-69-66-64-61-59-57-55-53-51-49-47-44-41-38-35-32-29-26-23-20-17-14-11-8-5-2/h7-12,16-21,25-30,34-39,43-47,62,110-112,116-117H,4-6,13-15,22-24,31-33,40-42,48-61,63-109H2,1-3H3,(H,121,122)(H,123,124)/b10-7-,11-8-,12-9-,19-16-,20-17-,21-18-,28-25-,29-26-,30-27-,37-34-,38-35-,39-36-,46-43-,47-44-,62-45-. The number of hydrogen-bond acceptors (Lipinski definition) is 14. The molecule has 0 aliphatic heterocycles. The maximum atomic E-state index is 13.1. The summed E-state index contributed by atoms with van der Waals surface area (Å²) in [6.07, 6.45) is 141. The molecule has 764 valence electrons. The molecule has 18 heteroatoms. The fourth-order valence-electron chi connectivity index (χ4n) is 15.1. The summed E-state index contributed by atoms with van der Waals surface area (Å²) < 4.78 is 61.8. The van der Waals surface area contributed by atoms with Gasteiger partial charge in [0.25, 0.3) is 0 Å². The van der Waals surface area contributed by atoms with Gasteiger partial charge in [-0.15, -0.1) is 0 Å². The molecule has 0 amide bonds. The van der Waals surface area contributed by atoms with Gasteiger partial charge in [-0.05, 0) is 154 Å². The number of carbonyl (C=O) groups excluding carboxylic acids is 3. The molecule has 5 atom stereocenters. The summed E-state index contributed by atoms with van der Waals surface area (Å²) in [5, 5.41) is 20.8. The van der Waals surface area contributed by atoms with Gasteiger partial charge in [-0.25, -0.2) is 9.13 Å². The number of aliphatic hydroxyl groups is 2. The first-order valence-corrected chi connectivity index (χ1v) is 57.1. The Morgan fingerprint density at radius 3 is 0.594 bits per heavy atom. The normalized spacial score (nSPS) is 14.3. The van der Waals surface area contributed by atoms with Gasteiger partial charge in [0.05, 0.1) is 26.4 Å². The Kier molecular flexibility index (Phi) is 101. The van der Waals surface area contributed by atoms with Gasteiger partial charge >= 0.3 is 33.6 Å². The monoisotopic (exact) mass is 1900 g/mol. The highest BCUT2D eigenvalue weighted by Crippen LogP contribution is 2.45. The summed E-state index contributed by atoms with van der Waals surface area (Å²) >= 11 is 0. The minimum Gasteiger partial charge on any atom is -0.463 e. The molecule has 0 saturated carbocycles. The zero-order valence-corrected chi connectivity index (χ0v) is 86.7. The van der Waals surface area contributed by atoms with Gasteiger partial charge in [0.15, 0.2) is 6.10 Å². The Morgan fingerprint density at radius 2 is 0.376 bits per heavy atom. The summed E-state index contributed by atoms with van der Waals surface area (Å²) in [6, 6.07) is 0. The first kappa shape index (κ1) is 128. The van der Waals surface area contributed by atoms with Gasteiger partial charge in [-0.1, -0.05) is 479 Å². The maximum absolute atomic E-state index is 13.1. The minimum absolute atomic E-state index is 0.0987. The van der Waals surface area contributed by atoms with Crippen LogP contribution in [0, 0.1) is 0 Å². The van der Waals surface area contributed by atoms with Gasteiger partial charge in [-0.2, -0.15) is 0 Å². The van der Waals surface area contributed by atoms with Crippen molar-refractivity contribution in [2.75, 3.05) is 39.6 Å². The van der Waals surface area contributed by atoms with Crippen LogP contribution in [0.1, 0.15) is 470 Å². The number of carbonyl (C=O) groups is 3. The van der Waals surface area contributed by atoms with Crippen molar-refractivity contribution in [1.82, 2.24) is 0 Å². The third-order valence-electron chi connectivity index (χ3n) is 23.1. The predicted molar refractivity (Wildman–Crippen MR) is 565 cm³/mol. The van der Waals surface area contributed by atoms with Crippen LogP contribution >= 0.6 is 15.6 Å². The van der Waals surface area contributed by atoms with Crippen molar-refractivity contribution in [1.29, 1.82) is 0 Å². The van der Waals surface area contributed by atoms with Crippen LogP contribution in [-0.4, -0.2) is 95.9 Å². The maximum Gasteiger partial charge on any atom is 0.472 e. The SMILES string of the molecule is CC/C=C\C/C=C\C/C=C\C/C=C\C/C=C\CCCCCCCCCCCCCCCCCCCCCC(=O)OCC(O)COP(=O)(O)OCC(O)COP(=O)(O)OCC(COC(=O)CCCCCCCCCCCCCCCCCCCCC/C=C\C/C=C\C/C=C\C/C=C\C/C=C\CC)OC(=O)CCCCCCCCCCCCC/C=C\C/C=C\C/C=C\C/C=C\C/C=C\CC. The van der Waals surface area contributed by atoms with Crippen molar-refractivity contribution in [3.05, 3.63) is 182 Å².